The van der Waals surface area contributed by atoms with E-state index in [4.69, 9.17) is 14.9 Å². The maximum absolute atomic E-state index is 6.15. The third-order valence-corrected chi connectivity index (χ3v) is 4.03. The summed E-state index contributed by atoms with van der Waals surface area (Å²) < 4.78 is 12.2. The van der Waals surface area contributed by atoms with E-state index < -0.39 is 0 Å². The van der Waals surface area contributed by atoms with Crippen LogP contribution >= 0.6 is 15.9 Å². The predicted octanol–water partition coefficient (Wildman–Crippen LogP) is 4.29. The van der Waals surface area contributed by atoms with Crippen LogP contribution in [0.1, 0.15) is 0 Å². The Bertz CT molecular complexity index is 873. The number of aliphatic imine (C=N–C) groups is 1. The summed E-state index contributed by atoms with van der Waals surface area (Å²) in [5.41, 5.74) is 6.89. The Morgan fingerprint density at radius 3 is 2.78 bits per heavy atom. The molecule has 3 aromatic rings. The van der Waals surface area contributed by atoms with Crippen LogP contribution in [0.4, 0.5) is 11.6 Å². The van der Waals surface area contributed by atoms with Gasteiger partial charge in [-0.1, -0.05) is 34.1 Å². The third-order valence-electron chi connectivity index (χ3n) is 3.53. The molecule has 2 aromatic carbocycles. The fraction of sp³-hybridized carbons (Fsp3) is 0.118. The monoisotopic (exact) mass is 373 g/mol. The zero-order valence-electron chi connectivity index (χ0n) is 12.8. The minimum absolute atomic E-state index is 0.307. The van der Waals surface area contributed by atoms with Crippen molar-refractivity contribution >= 4 is 44.2 Å². The quantitative estimate of drug-likeness (QED) is 0.549. The number of nitrogens with two attached hydrogens (primary N) is 1. The second-order valence-electron chi connectivity index (χ2n) is 4.86. The molecule has 118 valence electrons. The lowest BCUT2D eigenvalue weighted by molar-refractivity contribution is 0.415. The number of methoxy groups -OCH3 is 1. The predicted molar refractivity (Wildman–Crippen MR) is 96.6 cm³/mol. The van der Waals surface area contributed by atoms with E-state index in [9.17, 15) is 0 Å². The summed E-state index contributed by atoms with van der Waals surface area (Å²) in [6.45, 7) is 0. The van der Waals surface area contributed by atoms with Crippen LogP contribution in [-0.2, 0) is 0 Å². The normalized spacial score (nSPS) is 11.7. The first-order chi connectivity index (χ1) is 11.2. The molecular formula is C17H16BrN3O2. The molecule has 0 aliphatic rings. The Kier molecular flexibility index (Phi) is 4.25. The molecule has 2 N–H and O–H groups in total. The van der Waals surface area contributed by atoms with Crippen molar-refractivity contribution in [2.45, 2.75) is 0 Å². The van der Waals surface area contributed by atoms with Crippen LogP contribution in [0.3, 0.4) is 0 Å². The van der Waals surface area contributed by atoms with E-state index in [1.807, 2.05) is 42.5 Å². The highest BCUT2D eigenvalue weighted by molar-refractivity contribution is 9.10. The van der Waals surface area contributed by atoms with E-state index in [1.165, 1.54) is 0 Å². The van der Waals surface area contributed by atoms with E-state index in [1.54, 1.807) is 25.3 Å². The highest BCUT2D eigenvalue weighted by Crippen LogP contribution is 2.39. The number of hydrogen-bond acceptors (Lipinski definition) is 3. The molecule has 1 heterocycles. The number of nitrogens with zero attached hydrogens (tertiary/aromatic N) is 2. The average Bonchev–Trinajstić information content (AvgIpc) is 2.99. The van der Waals surface area contributed by atoms with Crippen LogP contribution in [0.15, 0.2) is 62.6 Å². The summed E-state index contributed by atoms with van der Waals surface area (Å²) in [6, 6.07) is 13.6. The van der Waals surface area contributed by atoms with Gasteiger partial charge in [0.15, 0.2) is 0 Å². The topological polar surface area (TPSA) is 64.0 Å². The number of rotatable bonds is 3. The molecule has 6 heteroatoms. The summed E-state index contributed by atoms with van der Waals surface area (Å²) in [5.74, 6) is 1.57. The van der Waals surface area contributed by atoms with Gasteiger partial charge >= 0.3 is 0 Å². The van der Waals surface area contributed by atoms with E-state index in [0.717, 1.165) is 20.9 Å². The number of furan rings is 1. The van der Waals surface area contributed by atoms with Crippen LogP contribution in [0.25, 0.3) is 10.8 Å². The van der Waals surface area contributed by atoms with Crippen LogP contribution in [0, 0.1) is 0 Å². The van der Waals surface area contributed by atoms with Gasteiger partial charge < -0.3 is 14.9 Å². The molecule has 0 aliphatic heterocycles. The minimum atomic E-state index is 0.307. The van der Waals surface area contributed by atoms with Gasteiger partial charge in [-0.2, -0.15) is 0 Å². The smallest absolute Gasteiger partial charge is 0.214 e. The number of fused-ring (bicyclic) bond motifs is 1. The number of hydrogen-bond donors (Lipinski definition) is 1. The summed E-state index contributed by atoms with van der Waals surface area (Å²) in [5, 5.41) is 1.94. The van der Waals surface area contributed by atoms with Gasteiger partial charge in [0, 0.05) is 22.3 Å². The molecule has 0 unspecified atom stereocenters. The molecule has 0 saturated carbocycles. The molecule has 23 heavy (non-hydrogen) atoms. The Hall–Kier alpha value is -2.47. The van der Waals surface area contributed by atoms with Gasteiger partial charge in [0.25, 0.3) is 0 Å². The Morgan fingerprint density at radius 1 is 1.26 bits per heavy atom. The molecular weight excluding hydrogens is 358 g/mol. The molecule has 0 fully saturated rings. The largest absolute Gasteiger partial charge is 0.495 e. The summed E-state index contributed by atoms with van der Waals surface area (Å²) in [6.07, 6.45) is 1.70. The Balaban J connectivity index is 2.26. The second-order valence-corrected chi connectivity index (χ2v) is 5.78. The first kappa shape index (κ1) is 15.4. The average molecular weight is 374 g/mol. The van der Waals surface area contributed by atoms with Crippen molar-refractivity contribution in [3.05, 3.63) is 53.2 Å². The molecule has 0 aliphatic carbocycles. The number of benzene rings is 2. The maximum Gasteiger partial charge on any atom is 0.214 e. The van der Waals surface area contributed by atoms with E-state index >= 15 is 0 Å². The standard InChI is InChI=1S/C17H16BrN3O2/c1-20-17(19)21(14-9-12(18)7-8-15(14)22-2)16-13-6-4-3-5-11(13)10-23-16/h3-10H,1-2H3,(H2,19,20). The fourth-order valence-electron chi connectivity index (χ4n) is 2.43. The van der Waals surface area contributed by atoms with Gasteiger partial charge in [0.2, 0.25) is 11.8 Å². The van der Waals surface area contributed by atoms with Gasteiger partial charge in [0.1, 0.15) is 12.0 Å². The molecule has 5 nitrogen and oxygen atoms in total. The van der Waals surface area contributed by atoms with Crippen molar-refractivity contribution in [3.8, 4) is 5.75 Å². The first-order valence-electron chi connectivity index (χ1n) is 6.98. The van der Waals surface area contributed by atoms with Crippen LogP contribution in [0.2, 0.25) is 0 Å². The number of anilines is 2. The van der Waals surface area contributed by atoms with Crippen LogP contribution < -0.4 is 15.4 Å². The highest BCUT2D eigenvalue weighted by Gasteiger charge is 2.23. The zero-order valence-corrected chi connectivity index (χ0v) is 14.4. The molecule has 0 saturated heterocycles. The van der Waals surface area contributed by atoms with E-state index in [-0.39, 0.29) is 0 Å². The van der Waals surface area contributed by atoms with Crippen molar-refractivity contribution < 1.29 is 9.15 Å². The number of ether oxygens (including phenoxy) is 1. The zero-order chi connectivity index (χ0) is 16.4. The summed E-state index contributed by atoms with van der Waals surface area (Å²) in [7, 11) is 3.25. The molecule has 0 bridgehead atoms. The van der Waals surface area contributed by atoms with Crippen molar-refractivity contribution in [2.75, 3.05) is 19.1 Å². The minimum Gasteiger partial charge on any atom is -0.495 e. The third kappa shape index (κ3) is 2.77. The fourth-order valence-corrected chi connectivity index (χ4v) is 2.77. The first-order valence-corrected chi connectivity index (χ1v) is 7.77. The van der Waals surface area contributed by atoms with Crippen molar-refractivity contribution in [1.82, 2.24) is 0 Å². The lowest BCUT2D eigenvalue weighted by atomic mass is 10.2. The lowest BCUT2D eigenvalue weighted by Crippen LogP contribution is -2.33. The molecule has 0 spiro atoms. The van der Waals surface area contributed by atoms with Crippen molar-refractivity contribution in [1.29, 1.82) is 0 Å². The maximum atomic E-state index is 6.15. The molecule has 3 rings (SSSR count). The number of halogens is 1. The van der Waals surface area contributed by atoms with Crippen molar-refractivity contribution in [3.63, 3.8) is 0 Å². The van der Waals surface area contributed by atoms with Crippen LogP contribution in [0.5, 0.6) is 5.75 Å². The van der Waals surface area contributed by atoms with Gasteiger partial charge in [0.05, 0.1) is 12.8 Å². The Morgan fingerprint density at radius 2 is 2.04 bits per heavy atom. The molecule has 0 atom stereocenters. The van der Waals surface area contributed by atoms with Gasteiger partial charge in [-0.25, -0.2) is 4.90 Å². The summed E-state index contributed by atoms with van der Waals surface area (Å²) in [4.78, 5) is 5.86. The Labute approximate surface area is 142 Å². The SMILES string of the molecule is CN=C(N)N(c1cc(Br)ccc1OC)c1occ2ccccc12. The van der Waals surface area contributed by atoms with Crippen molar-refractivity contribution in [2.24, 2.45) is 10.7 Å². The number of guanidine groups is 1. The highest BCUT2D eigenvalue weighted by atomic mass is 79.9. The lowest BCUT2D eigenvalue weighted by Gasteiger charge is -2.23. The van der Waals surface area contributed by atoms with E-state index in [0.29, 0.717) is 17.6 Å². The van der Waals surface area contributed by atoms with E-state index in [2.05, 4.69) is 20.9 Å². The summed E-state index contributed by atoms with van der Waals surface area (Å²) >= 11 is 3.48. The van der Waals surface area contributed by atoms with Crippen LogP contribution in [-0.4, -0.2) is 20.1 Å². The molecule has 0 amide bonds. The molecule has 0 radical (unpaired) electrons. The van der Waals surface area contributed by atoms with Gasteiger partial charge in [-0.15, -0.1) is 0 Å². The second kappa shape index (κ2) is 6.34. The molecule has 1 aromatic heterocycles. The van der Waals surface area contributed by atoms with Gasteiger partial charge in [-0.3, -0.25) is 4.99 Å². The van der Waals surface area contributed by atoms with Gasteiger partial charge in [-0.05, 0) is 24.3 Å².